The first-order valence-electron chi connectivity index (χ1n) is 9.52. The van der Waals surface area contributed by atoms with E-state index in [1.807, 2.05) is 6.92 Å². The molecule has 1 aromatic heterocycles. The van der Waals surface area contributed by atoms with Crippen LogP contribution in [0.4, 0.5) is 0 Å². The summed E-state index contributed by atoms with van der Waals surface area (Å²) in [5.41, 5.74) is 1.23. The number of carbonyl (C=O) groups excluding carboxylic acids is 1. The van der Waals surface area contributed by atoms with Gasteiger partial charge in [-0.1, -0.05) is 43.1 Å². The molecule has 164 valence electrons. The Morgan fingerprint density at radius 2 is 1.74 bits per heavy atom. The third-order valence-electron chi connectivity index (χ3n) is 4.75. The molecular formula is C22H22ClNO6S. The number of nitrogens with one attached hydrogen (secondary N) is 1. The Balaban J connectivity index is 1.90. The Bertz CT molecular complexity index is 1300. The first-order valence-corrected chi connectivity index (χ1v) is 11.4. The lowest BCUT2D eigenvalue weighted by atomic mass is 10.1. The molecule has 7 nitrogen and oxygen atoms in total. The molecular weight excluding hydrogens is 442 g/mol. The van der Waals surface area contributed by atoms with Crippen molar-refractivity contribution in [3.8, 4) is 5.75 Å². The summed E-state index contributed by atoms with van der Waals surface area (Å²) in [5.74, 6) is -1.28. The summed E-state index contributed by atoms with van der Waals surface area (Å²) in [6, 6.07) is 9.30. The molecule has 1 atom stereocenters. The topological polar surface area (TPSA) is 103 Å². The van der Waals surface area contributed by atoms with Gasteiger partial charge in [0.1, 0.15) is 11.6 Å². The lowest BCUT2D eigenvalue weighted by Crippen LogP contribution is -2.46. The van der Waals surface area contributed by atoms with Crippen LogP contribution in [-0.4, -0.2) is 20.4 Å². The number of benzene rings is 2. The molecule has 0 bridgehead atoms. The smallest absolute Gasteiger partial charge is 0.336 e. The van der Waals surface area contributed by atoms with Gasteiger partial charge >= 0.3 is 11.6 Å². The van der Waals surface area contributed by atoms with Crippen molar-refractivity contribution in [3.05, 3.63) is 69.0 Å². The summed E-state index contributed by atoms with van der Waals surface area (Å²) < 4.78 is 38.4. The van der Waals surface area contributed by atoms with Crippen molar-refractivity contribution < 1.29 is 22.4 Å². The minimum absolute atomic E-state index is 0.0342. The Morgan fingerprint density at radius 1 is 1.10 bits per heavy atom. The van der Waals surface area contributed by atoms with Gasteiger partial charge in [0.05, 0.1) is 9.92 Å². The van der Waals surface area contributed by atoms with Crippen LogP contribution in [0.5, 0.6) is 5.75 Å². The lowest BCUT2D eigenvalue weighted by Gasteiger charge is -2.21. The number of hydrogen-bond donors (Lipinski definition) is 1. The van der Waals surface area contributed by atoms with E-state index in [0.717, 1.165) is 5.56 Å². The van der Waals surface area contributed by atoms with Crippen LogP contribution >= 0.6 is 11.6 Å². The molecule has 0 aliphatic heterocycles. The lowest BCUT2D eigenvalue weighted by molar-refractivity contribution is -0.137. The average Bonchev–Trinajstić information content (AvgIpc) is 2.67. The molecule has 3 aromatic rings. The Labute approximate surface area is 185 Å². The SMILES string of the molecule is Cc1ccc(S(=O)(=O)N[C@@H](C(=O)Oc2cc3oc(=O)cc(C)c3cc2Cl)C(C)C)cc1. The van der Waals surface area contributed by atoms with Crippen LogP contribution in [0.25, 0.3) is 11.0 Å². The zero-order chi connectivity index (χ0) is 22.9. The van der Waals surface area contributed by atoms with Gasteiger partial charge in [-0.05, 0) is 43.5 Å². The van der Waals surface area contributed by atoms with Gasteiger partial charge in [-0.25, -0.2) is 18.0 Å². The van der Waals surface area contributed by atoms with E-state index >= 15 is 0 Å². The van der Waals surface area contributed by atoms with E-state index in [1.54, 1.807) is 32.9 Å². The molecule has 0 radical (unpaired) electrons. The monoisotopic (exact) mass is 463 g/mol. The molecule has 0 aliphatic rings. The largest absolute Gasteiger partial charge is 0.424 e. The van der Waals surface area contributed by atoms with Gasteiger partial charge in [-0.3, -0.25) is 0 Å². The van der Waals surface area contributed by atoms with Crippen LogP contribution in [0.3, 0.4) is 0 Å². The van der Waals surface area contributed by atoms with Crippen LogP contribution in [0.1, 0.15) is 25.0 Å². The maximum absolute atomic E-state index is 12.8. The molecule has 0 fully saturated rings. The van der Waals surface area contributed by atoms with Crippen molar-refractivity contribution in [3.63, 3.8) is 0 Å². The second-order valence-corrected chi connectivity index (χ2v) is 9.73. The number of fused-ring (bicyclic) bond motifs is 1. The van der Waals surface area contributed by atoms with E-state index in [2.05, 4.69) is 4.72 Å². The summed E-state index contributed by atoms with van der Waals surface area (Å²) in [6.45, 7) is 6.95. The molecule has 0 saturated carbocycles. The molecule has 0 unspecified atom stereocenters. The number of hydrogen-bond acceptors (Lipinski definition) is 6. The first kappa shape index (κ1) is 23.0. The molecule has 9 heteroatoms. The summed E-state index contributed by atoms with van der Waals surface area (Å²) >= 11 is 6.25. The fourth-order valence-corrected chi connectivity index (χ4v) is 4.51. The second-order valence-electron chi connectivity index (χ2n) is 7.60. The zero-order valence-corrected chi connectivity index (χ0v) is 19.0. The van der Waals surface area contributed by atoms with Gasteiger partial charge in [0.2, 0.25) is 10.0 Å². The third kappa shape index (κ3) is 5.15. The van der Waals surface area contributed by atoms with E-state index < -0.39 is 33.6 Å². The summed E-state index contributed by atoms with van der Waals surface area (Å²) in [7, 11) is -3.96. The van der Waals surface area contributed by atoms with E-state index in [4.69, 9.17) is 20.8 Å². The summed E-state index contributed by atoms with van der Waals surface area (Å²) in [5, 5.41) is 0.728. The molecule has 31 heavy (non-hydrogen) atoms. The highest BCUT2D eigenvalue weighted by Crippen LogP contribution is 2.31. The van der Waals surface area contributed by atoms with Gasteiger partial charge in [0.15, 0.2) is 5.75 Å². The highest BCUT2D eigenvalue weighted by atomic mass is 35.5. The van der Waals surface area contributed by atoms with Gasteiger partial charge in [0, 0.05) is 17.5 Å². The maximum Gasteiger partial charge on any atom is 0.336 e. The van der Waals surface area contributed by atoms with Crippen molar-refractivity contribution in [1.29, 1.82) is 0 Å². The van der Waals surface area contributed by atoms with E-state index in [-0.39, 0.29) is 21.3 Å². The number of halogens is 1. The number of sulfonamides is 1. The van der Waals surface area contributed by atoms with Crippen molar-refractivity contribution in [2.24, 2.45) is 5.92 Å². The quantitative estimate of drug-likeness (QED) is 0.337. The normalized spacial score (nSPS) is 12.8. The number of aryl methyl sites for hydroxylation is 2. The molecule has 1 heterocycles. The van der Waals surface area contributed by atoms with Crippen molar-refractivity contribution in [2.75, 3.05) is 0 Å². The van der Waals surface area contributed by atoms with Gasteiger partial charge in [0.25, 0.3) is 0 Å². The van der Waals surface area contributed by atoms with Crippen molar-refractivity contribution in [2.45, 2.75) is 38.6 Å². The predicted octanol–water partition coefficient (Wildman–Crippen LogP) is 3.97. The van der Waals surface area contributed by atoms with Gasteiger partial charge in [-0.2, -0.15) is 4.72 Å². The van der Waals surface area contributed by atoms with Crippen molar-refractivity contribution >= 4 is 38.6 Å². The zero-order valence-electron chi connectivity index (χ0n) is 17.4. The van der Waals surface area contributed by atoms with E-state index in [1.165, 1.54) is 30.3 Å². The van der Waals surface area contributed by atoms with Crippen LogP contribution < -0.4 is 15.1 Å². The van der Waals surface area contributed by atoms with E-state index in [9.17, 15) is 18.0 Å². The Hall–Kier alpha value is -2.68. The van der Waals surface area contributed by atoms with Crippen LogP contribution in [0.2, 0.25) is 5.02 Å². The molecule has 0 spiro atoms. The molecule has 0 aliphatic carbocycles. The molecule has 0 saturated heterocycles. The third-order valence-corrected chi connectivity index (χ3v) is 6.50. The van der Waals surface area contributed by atoms with Gasteiger partial charge in [-0.15, -0.1) is 0 Å². The van der Waals surface area contributed by atoms with E-state index in [0.29, 0.717) is 10.9 Å². The Morgan fingerprint density at radius 3 is 2.35 bits per heavy atom. The summed E-state index contributed by atoms with van der Waals surface area (Å²) in [6.07, 6.45) is 0. The number of carbonyl (C=O) groups is 1. The molecule has 2 aromatic carbocycles. The fraction of sp³-hybridized carbons (Fsp3) is 0.273. The highest BCUT2D eigenvalue weighted by molar-refractivity contribution is 7.89. The van der Waals surface area contributed by atoms with Crippen LogP contribution in [-0.2, 0) is 14.8 Å². The van der Waals surface area contributed by atoms with Crippen LogP contribution in [0, 0.1) is 19.8 Å². The predicted molar refractivity (Wildman–Crippen MR) is 118 cm³/mol. The number of rotatable bonds is 6. The minimum atomic E-state index is -3.96. The maximum atomic E-state index is 12.8. The fourth-order valence-electron chi connectivity index (χ4n) is 2.98. The number of esters is 1. The minimum Gasteiger partial charge on any atom is -0.424 e. The molecule has 0 amide bonds. The highest BCUT2D eigenvalue weighted by Gasteiger charge is 2.30. The standard InChI is InChI=1S/C22H22ClNO6S/c1-12(2)21(24-31(27,28)15-7-5-13(3)6-8-15)22(26)30-19-11-18-16(10-17(19)23)14(4)9-20(25)29-18/h5-12,21,24H,1-4H3/t21-/m1/s1. The Kier molecular flexibility index (Phi) is 6.54. The van der Waals surface area contributed by atoms with Gasteiger partial charge < -0.3 is 9.15 Å². The molecule has 1 N–H and O–H groups in total. The first-order chi connectivity index (χ1) is 14.5. The van der Waals surface area contributed by atoms with Crippen molar-refractivity contribution in [1.82, 2.24) is 4.72 Å². The number of ether oxygens (including phenoxy) is 1. The van der Waals surface area contributed by atoms with Crippen LogP contribution in [0.15, 0.2) is 56.6 Å². The molecule has 3 rings (SSSR count). The summed E-state index contributed by atoms with van der Waals surface area (Å²) in [4.78, 5) is 24.5. The second kappa shape index (κ2) is 8.82. The average molecular weight is 464 g/mol.